The fraction of sp³-hybridized carbons (Fsp3) is 0.250. The number of carbonyl (C=O) groups is 1. The molecular formula is C20H19Cl2N5O3S. The second-order valence-electron chi connectivity index (χ2n) is 6.82. The van der Waals surface area contributed by atoms with Gasteiger partial charge >= 0.3 is 0 Å². The molecule has 0 radical (unpaired) electrons. The third-order valence-corrected chi connectivity index (χ3v) is 6.20. The van der Waals surface area contributed by atoms with Crippen LogP contribution in [0.3, 0.4) is 0 Å². The lowest BCUT2D eigenvalue weighted by molar-refractivity contribution is -0.116. The highest BCUT2D eigenvalue weighted by Gasteiger charge is 2.16. The monoisotopic (exact) mass is 479 g/mol. The van der Waals surface area contributed by atoms with Crippen molar-refractivity contribution >= 4 is 56.6 Å². The maximum atomic E-state index is 12.6. The molecule has 3 heterocycles. The standard InChI is InChI=1S/C20H19Cl2N5O3S/c1-4-30-18-12(21)7-11(8-13(18)22)14-10-31-20(23-14)24-16(28)9-27-6-5-15-17(27)19(29)26(3)25(15)2/h5-8,10H,4,9H2,1-3H3,(H,23,24,28). The minimum absolute atomic E-state index is 0.00161. The van der Waals surface area contributed by atoms with Gasteiger partial charge in [-0.15, -0.1) is 11.3 Å². The van der Waals surface area contributed by atoms with Gasteiger partial charge in [0.25, 0.3) is 5.56 Å². The molecule has 11 heteroatoms. The van der Waals surface area contributed by atoms with E-state index < -0.39 is 0 Å². The first-order valence-corrected chi connectivity index (χ1v) is 11.0. The van der Waals surface area contributed by atoms with Crippen molar-refractivity contribution in [1.29, 1.82) is 0 Å². The van der Waals surface area contributed by atoms with Crippen molar-refractivity contribution < 1.29 is 9.53 Å². The number of benzene rings is 1. The van der Waals surface area contributed by atoms with Crippen molar-refractivity contribution in [1.82, 2.24) is 18.9 Å². The van der Waals surface area contributed by atoms with Gasteiger partial charge < -0.3 is 14.6 Å². The minimum atomic E-state index is -0.285. The number of fused-ring (bicyclic) bond motifs is 1. The smallest absolute Gasteiger partial charge is 0.290 e. The van der Waals surface area contributed by atoms with Gasteiger partial charge in [0.1, 0.15) is 12.1 Å². The first kappa shape index (κ1) is 21.5. The topological polar surface area (TPSA) is 83.1 Å². The lowest BCUT2D eigenvalue weighted by Crippen LogP contribution is -2.22. The summed E-state index contributed by atoms with van der Waals surface area (Å²) in [4.78, 5) is 29.4. The van der Waals surface area contributed by atoms with Gasteiger partial charge in [-0.25, -0.2) is 4.98 Å². The number of aryl methyl sites for hydroxylation is 1. The van der Waals surface area contributed by atoms with E-state index in [1.807, 2.05) is 13.0 Å². The molecule has 0 aliphatic rings. The van der Waals surface area contributed by atoms with Crippen LogP contribution in [0.15, 0.2) is 34.6 Å². The number of carbonyl (C=O) groups excluding carboxylic acids is 1. The molecule has 0 fully saturated rings. The van der Waals surface area contributed by atoms with E-state index in [9.17, 15) is 9.59 Å². The normalized spacial score (nSPS) is 11.3. The molecule has 0 aliphatic heterocycles. The highest BCUT2D eigenvalue weighted by Crippen LogP contribution is 2.38. The average molecular weight is 480 g/mol. The zero-order chi connectivity index (χ0) is 22.3. The van der Waals surface area contributed by atoms with Crippen molar-refractivity contribution in [3.8, 4) is 17.0 Å². The molecular weight excluding hydrogens is 461 g/mol. The second-order valence-corrected chi connectivity index (χ2v) is 8.49. The maximum Gasteiger partial charge on any atom is 0.290 e. The summed E-state index contributed by atoms with van der Waals surface area (Å²) < 4.78 is 10.3. The molecule has 0 saturated heterocycles. The predicted octanol–water partition coefficient (Wildman–Crippen LogP) is 4.15. The van der Waals surface area contributed by atoms with Crippen LogP contribution in [0.2, 0.25) is 10.0 Å². The highest BCUT2D eigenvalue weighted by atomic mass is 35.5. The van der Waals surface area contributed by atoms with Crippen LogP contribution in [0.1, 0.15) is 6.92 Å². The van der Waals surface area contributed by atoms with Crippen LogP contribution in [-0.4, -0.2) is 31.4 Å². The minimum Gasteiger partial charge on any atom is -0.491 e. The third kappa shape index (κ3) is 3.96. The summed E-state index contributed by atoms with van der Waals surface area (Å²) in [5.41, 5.74) is 2.44. The molecule has 0 unspecified atom stereocenters. The summed E-state index contributed by atoms with van der Waals surface area (Å²) in [6.45, 7) is 2.30. The average Bonchev–Trinajstić information content (AvgIpc) is 3.40. The Balaban J connectivity index is 1.51. The molecule has 1 amide bonds. The Morgan fingerprint density at radius 3 is 2.61 bits per heavy atom. The molecule has 1 N–H and O–H groups in total. The van der Waals surface area contributed by atoms with Gasteiger partial charge in [-0.3, -0.25) is 19.0 Å². The molecule has 0 bridgehead atoms. The van der Waals surface area contributed by atoms with Crippen molar-refractivity contribution in [2.45, 2.75) is 13.5 Å². The van der Waals surface area contributed by atoms with Crippen molar-refractivity contribution in [3.63, 3.8) is 0 Å². The number of rotatable bonds is 6. The quantitative estimate of drug-likeness (QED) is 0.450. The van der Waals surface area contributed by atoms with E-state index in [1.165, 1.54) is 16.0 Å². The molecule has 3 aromatic heterocycles. The SMILES string of the molecule is CCOc1c(Cl)cc(-c2csc(NC(=O)Cn3ccc4c3c(=O)n(C)n4C)n2)cc1Cl. The van der Waals surface area contributed by atoms with Gasteiger partial charge in [0.2, 0.25) is 5.91 Å². The number of aromatic nitrogens is 4. The predicted molar refractivity (Wildman–Crippen MR) is 124 cm³/mol. The molecule has 0 saturated carbocycles. The molecule has 4 rings (SSSR count). The van der Waals surface area contributed by atoms with Crippen molar-refractivity contribution in [2.75, 3.05) is 11.9 Å². The first-order valence-electron chi connectivity index (χ1n) is 9.38. The van der Waals surface area contributed by atoms with Gasteiger partial charge in [0.05, 0.1) is 27.9 Å². The van der Waals surface area contributed by atoms with E-state index in [0.29, 0.717) is 38.7 Å². The third-order valence-electron chi connectivity index (χ3n) is 4.88. The Kier molecular flexibility index (Phi) is 5.83. The number of amides is 1. The van der Waals surface area contributed by atoms with Crippen LogP contribution in [0.25, 0.3) is 22.3 Å². The molecule has 0 aliphatic carbocycles. The number of nitrogens with one attached hydrogen (secondary N) is 1. The summed E-state index contributed by atoms with van der Waals surface area (Å²) >= 11 is 13.8. The van der Waals surface area contributed by atoms with Gasteiger partial charge in [-0.05, 0) is 25.1 Å². The van der Waals surface area contributed by atoms with Crippen LogP contribution < -0.4 is 15.6 Å². The number of hydrogen-bond donors (Lipinski definition) is 1. The Morgan fingerprint density at radius 1 is 1.23 bits per heavy atom. The Bertz CT molecular complexity index is 1330. The van der Waals surface area contributed by atoms with Crippen molar-refractivity contribution in [3.05, 3.63) is 50.2 Å². The zero-order valence-electron chi connectivity index (χ0n) is 17.0. The molecule has 8 nitrogen and oxygen atoms in total. The number of nitrogens with zero attached hydrogens (tertiary/aromatic N) is 4. The fourth-order valence-electron chi connectivity index (χ4n) is 3.30. The number of anilines is 1. The number of hydrogen-bond acceptors (Lipinski definition) is 5. The molecule has 4 aromatic rings. The Labute approximate surface area is 191 Å². The van der Waals surface area contributed by atoms with Crippen LogP contribution >= 0.6 is 34.5 Å². The van der Waals surface area contributed by atoms with E-state index in [2.05, 4.69) is 10.3 Å². The van der Waals surface area contributed by atoms with Crippen LogP contribution in [0.5, 0.6) is 5.75 Å². The van der Waals surface area contributed by atoms with E-state index in [1.54, 1.807) is 47.1 Å². The zero-order valence-corrected chi connectivity index (χ0v) is 19.3. The molecule has 1 aromatic carbocycles. The van der Waals surface area contributed by atoms with Crippen molar-refractivity contribution in [2.24, 2.45) is 14.1 Å². The second kappa shape index (κ2) is 8.41. The summed E-state index contributed by atoms with van der Waals surface area (Å²) in [6, 6.07) is 5.26. The Hall–Kier alpha value is -2.75. The largest absolute Gasteiger partial charge is 0.491 e. The molecule has 162 valence electrons. The van der Waals surface area contributed by atoms with Gasteiger partial charge in [0, 0.05) is 31.2 Å². The van der Waals surface area contributed by atoms with Crippen LogP contribution in [0.4, 0.5) is 5.13 Å². The van der Waals surface area contributed by atoms with Gasteiger partial charge in [0.15, 0.2) is 10.9 Å². The summed E-state index contributed by atoms with van der Waals surface area (Å²) in [6.07, 6.45) is 1.73. The maximum absolute atomic E-state index is 12.6. The number of thiazole rings is 1. The number of ether oxygens (including phenoxy) is 1. The number of halogens is 2. The van der Waals surface area contributed by atoms with Gasteiger partial charge in [-0.1, -0.05) is 23.2 Å². The van der Waals surface area contributed by atoms with E-state index in [-0.39, 0.29) is 18.0 Å². The van der Waals surface area contributed by atoms with E-state index in [0.717, 1.165) is 11.1 Å². The Morgan fingerprint density at radius 2 is 1.94 bits per heavy atom. The van der Waals surface area contributed by atoms with Crippen LogP contribution in [-0.2, 0) is 25.4 Å². The summed E-state index contributed by atoms with van der Waals surface area (Å²) in [5.74, 6) is 0.149. The van der Waals surface area contributed by atoms with Gasteiger partial charge in [-0.2, -0.15) is 0 Å². The van der Waals surface area contributed by atoms with E-state index >= 15 is 0 Å². The fourth-order valence-corrected chi connectivity index (χ4v) is 4.64. The molecule has 0 atom stereocenters. The summed E-state index contributed by atoms with van der Waals surface area (Å²) in [5, 5.41) is 5.80. The summed E-state index contributed by atoms with van der Waals surface area (Å²) in [7, 11) is 3.48. The lowest BCUT2D eigenvalue weighted by Gasteiger charge is -2.09. The molecule has 0 spiro atoms. The molecule has 31 heavy (non-hydrogen) atoms. The first-order chi connectivity index (χ1) is 14.8. The lowest BCUT2D eigenvalue weighted by atomic mass is 10.1. The van der Waals surface area contributed by atoms with Crippen LogP contribution in [0, 0.1) is 0 Å². The van der Waals surface area contributed by atoms with E-state index in [4.69, 9.17) is 27.9 Å². The highest BCUT2D eigenvalue weighted by molar-refractivity contribution is 7.14.